The van der Waals surface area contributed by atoms with Crippen LogP contribution in [-0.4, -0.2) is 88.6 Å². The van der Waals surface area contributed by atoms with Gasteiger partial charge in [0, 0.05) is 39.5 Å². The molecule has 0 aromatic rings. The van der Waals surface area contributed by atoms with Crippen LogP contribution in [0, 0.1) is 0 Å². The van der Waals surface area contributed by atoms with E-state index in [0.29, 0.717) is 0 Å². The summed E-state index contributed by atoms with van der Waals surface area (Å²) in [5.74, 6) is 0. The van der Waals surface area contributed by atoms with Gasteiger partial charge in [0.1, 0.15) is 0 Å². The Morgan fingerprint density at radius 2 is 1.05 bits per heavy atom. The summed E-state index contributed by atoms with van der Waals surface area (Å²) < 4.78 is 0. The first-order chi connectivity index (χ1) is 9.47. The van der Waals surface area contributed by atoms with E-state index in [9.17, 15) is 0 Å². The summed E-state index contributed by atoms with van der Waals surface area (Å²) in [6.07, 6.45) is 2.28. The van der Waals surface area contributed by atoms with E-state index in [0.717, 1.165) is 38.9 Å². The molecule has 0 atom stereocenters. The van der Waals surface area contributed by atoms with Gasteiger partial charge in [-0.1, -0.05) is 0 Å². The summed E-state index contributed by atoms with van der Waals surface area (Å²) in [6.45, 7) is 4.36. The maximum Gasteiger partial charge on any atom is 0.0631 e. The van der Waals surface area contributed by atoms with Crippen LogP contribution in [0.1, 0.15) is 26.2 Å². The van der Waals surface area contributed by atoms with Crippen molar-refractivity contribution in [3.8, 4) is 0 Å². The van der Waals surface area contributed by atoms with E-state index in [-0.39, 0.29) is 33.0 Å². The Bertz CT molecular complexity index is 169. The van der Waals surface area contributed by atoms with Crippen LogP contribution in [0.3, 0.4) is 0 Å². The van der Waals surface area contributed by atoms with E-state index in [1.807, 2.05) is 0 Å². The van der Waals surface area contributed by atoms with Crippen LogP contribution in [0.4, 0.5) is 0 Å². The Hall–Kier alpha value is -0.280. The number of aliphatic hydroxyl groups excluding tert-OH is 5. The van der Waals surface area contributed by atoms with E-state index >= 15 is 0 Å². The molecule has 20 heavy (non-hydrogen) atoms. The van der Waals surface area contributed by atoms with Gasteiger partial charge in [-0.2, -0.15) is 0 Å². The van der Waals surface area contributed by atoms with Crippen LogP contribution in [-0.2, 0) is 0 Å². The number of nitrogens with zero attached hydrogens (tertiary/aromatic N) is 1. The molecule has 0 fully saturated rings. The molecular weight excluding hydrogens is 264 g/mol. The van der Waals surface area contributed by atoms with E-state index in [1.165, 1.54) is 0 Å². The van der Waals surface area contributed by atoms with Crippen molar-refractivity contribution in [3.63, 3.8) is 0 Å². The Kier molecular flexibility index (Phi) is 16.6. The van der Waals surface area contributed by atoms with Gasteiger partial charge in [-0.3, -0.25) is 0 Å². The maximum atomic E-state index is 8.64. The Labute approximate surface area is 121 Å². The lowest BCUT2D eigenvalue weighted by atomic mass is 10.1. The average Bonchev–Trinajstić information content (AvgIpc) is 2.47. The molecule has 0 bridgehead atoms. The predicted octanol–water partition coefficient (Wildman–Crippen LogP) is -1.88. The van der Waals surface area contributed by atoms with Gasteiger partial charge in [0.05, 0.1) is 18.8 Å². The van der Waals surface area contributed by atoms with Gasteiger partial charge in [0.15, 0.2) is 0 Å². The lowest BCUT2D eigenvalue weighted by Crippen LogP contribution is -2.43. The van der Waals surface area contributed by atoms with E-state index in [4.69, 9.17) is 31.3 Å². The van der Waals surface area contributed by atoms with Gasteiger partial charge >= 0.3 is 0 Å². The fourth-order valence-electron chi connectivity index (χ4n) is 1.27. The average molecular weight is 296 g/mol. The Morgan fingerprint density at radius 1 is 0.750 bits per heavy atom. The van der Waals surface area contributed by atoms with Crippen molar-refractivity contribution >= 4 is 0 Å². The molecule has 0 saturated carbocycles. The third-order valence-corrected chi connectivity index (χ3v) is 2.62. The molecule has 0 heterocycles. The predicted molar refractivity (Wildman–Crippen MR) is 78.3 cm³/mol. The molecule has 0 aliphatic heterocycles. The van der Waals surface area contributed by atoms with Crippen molar-refractivity contribution in [1.82, 2.24) is 4.90 Å². The molecule has 7 nitrogen and oxygen atoms in total. The number of hydrogen-bond acceptors (Lipinski definition) is 7. The molecule has 7 N–H and O–H groups in total. The smallest absolute Gasteiger partial charge is 0.0631 e. The zero-order valence-electron chi connectivity index (χ0n) is 12.5. The third-order valence-electron chi connectivity index (χ3n) is 2.62. The van der Waals surface area contributed by atoms with Gasteiger partial charge in [-0.15, -0.1) is 0 Å². The number of hydrogen-bond donors (Lipinski definition) is 6. The van der Waals surface area contributed by atoms with Crippen molar-refractivity contribution in [1.29, 1.82) is 0 Å². The van der Waals surface area contributed by atoms with Gasteiger partial charge in [-0.25, -0.2) is 0 Å². The highest BCUT2D eigenvalue weighted by molar-refractivity contribution is 4.74. The minimum atomic E-state index is -0.806. The van der Waals surface area contributed by atoms with Crippen LogP contribution in [0.5, 0.6) is 0 Å². The van der Waals surface area contributed by atoms with E-state index < -0.39 is 5.54 Å². The van der Waals surface area contributed by atoms with Gasteiger partial charge in [-0.05, 0) is 26.2 Å². The Morgan fingerprint density at radius 3 is 1.20 bits per heavy atom. The molecule has 0 spiro atoms. The first-order valence-corrected chi connectivity index (χ1v) is 7.03. The van der Waals surface area contributed by atoms with Crippen molar-refractivity contribution in [2.24, 2.45) is 5.73 Å². The fraction of sp³-hybridized carbons (Fsp3) is 1.00. The second-order valence-corrected chi connectivity index (χ2v) is 5.04. The minimum Gasteiger partial charge on any atom is -0.396 e. The molecule has 124 valence electrons. The van der Waals surface area contributed by atoms with Gasteiger partial charge in [0.25, 0.3) is 0 Å². The monoisotopic (exact) mass is 296 g/mol. The highest BCUT2D eigenvalue weighted by Crippen LogP contribution is 1.95. The van der Waals surface area contributed by atoms with Crippen molar-refractivity contribution in [2.45, 2.75) is 31.7 Å². The molecule has 0 rings (SSSR count). The summed E-state index contributed by atoms with van der Waals surface area (Å²) in [4.78, 5) is 2.16. The number of rotatable bonds is 11. The summed E-state index contributed by atoms with van der Waals surface area (Å²) in [5.41, 5.74) is 4.41. The topological polar surface area (TPSA) is 130 Å². The highest BCUT2D eigenvalue weighted by atomic mass is 16.3. The van der Waals surface area contributed by atoms with E-state index in [2.05, 4.69) is 4.90 Å². The van der Waals surface area contributed by atoms with Gasteiger partial charge < -0.3 is 36.2 Å². The third kappa shape index (κ3) is 15.8. The number of nitrogens with two attached hydrogens (primary N) is 1. The molecule has 0 aromatic carbocycles. The first kappa shape index (κ1) is 22.0. The molecular formula is C13H32N2O5. The SMILES string of the molecule is CC(N)(CO)CO.OCCCN(CCCO)CCCO. The van der Waals surface area contributed by atoms with Crippen LogP contribution >= 0.6 is 0 Å². The Balaban J connectivity index is 0. The molecule has 0 radical (unpaired) electrons. The fourth-order valence-corrected chi connectivity index (χ4v) is 1.27. The summed E-state index contributed by atoms with van der Waals surface area (Å²) in [7, 11) is 0. The molecule has 0 unspecified atom stereocenters. The van der Waals surface area contributed by atoms with Crippen molar-refractivity contribution in [3.05, 3.63) is 0 Å². The molecule has 0 aliphatic rings. The summed E-state index contributed by atoms with van der Waals surface area (Å²) in [5, 5.41) is 42.5. The van der Waals surface area contributed by atoms with Crippen molar-refractivity contribution < 1.29 is 25.5 Å². The quantitative estimate of drug-likeness (QED) is 0.263. The van der Waals surface area contributed by atoms with Gasteiger partial charge in [0.2, 0.25) is 0 Å². The van der Waals surface area contributed by atoms with Crippen LogP contribution in [0.15, 0.2) is 0 Å². The van der Waals surface area contributed by atoms with Crippen LogP contribution in [0.2, 0.25) is 0 Å². The zero-order valence-corrected chi connectivity index (χ0v) is 12.5. The molecule has 0 saturated heterocycles. The highest BCUT2D eigenvalue weighted by Gasteiger charge is 2.13. The molecule has 7 heteroatoms. The molecule has 0 aliphatic carbocycles. The van der Waals surface area contributed by atoms with Crippen molar-refractivity contribution in [2.75, 3.05) is 52.7 Å². The standard InChI is InChI=1S/C9H21NO3.C4H11NO2/c11-7-1-4-10(5-2-8-12)6-3-9-13;1-4(5,2-6)3-7/h11-13H,1-9H2;6-7H,2-3,5H2,1H3. The number of aliphatic hydroxyl groups is 5. The largest absolute Gasteiger partial charge is 0.396 e. The maximum absolute atomic E-state index is 8.64. The second-order valence-electron chi connectivity index (χ2n) is 5.04. The van der Waals surface area contributed by atoms with Crippen LogP contribution in [0.25, 0.3) is 0 Å². The lowest BCUT2D eigenvalue weighted by Gasteiger charge is -2.20. The molecule has 0 aromatic heterocycles. The second kappa shape index (κ2) is 15.1. The summed E-state index contributed by atoms with van der Waals surface area (Å²) >= 11 is 0. The normalized spacial score (nSPS) is 11.4. The minimum absolute atomic E-state index is 0.177. The van der Waals surface area contributed by atoms with Crippen LogP contribution < -0.4 is 5.73 Å². The molecule has 0 amide bonds. The zero-order chi connectivity index (χ0) is 15.9. The van der Waals surface area contributed by atoms with E-state index in [1.54, 1.807) is 6.92 Å². The first-order valence-electron chi connectivity index (χ1n) is 7.03. The lowest BCUT2D eigenvalue weighted by molar-refractivity contribution is 0.134. The summed E-state index contributed by atoms with van der Waals surface area (Å²) in [6, 6.07) is 0.